The van der Waals surface area contributed by atoms with Crippen molar-refractivity contribution in [3.63, 3.8) is 0 Å². The van der Waals surface area contributed by atoms with Crippen LogP contribution in [-0.2, 0) is 23.9 Å². The van der Waals surface area contributed by atoms with Crippen molar-refractivity contribution in [3.8, 4) is 11.5 Å². The van der Waals surface area contributed by atoms with E-state index in [9.17, 15) is 22.8 Å². The van der Waals surface area contributed by atoms with E-state index in [0.717, 1.165) is 41.0 Å². The maximum atomic E-state index is 12.7. The average molecular weight is 457 g/mol. The van der Waals surface area contributed by atoms with Crippen LogP contribution in [0.15, 0.2) is 66.7 Å². The van der Waals surface area contributed by atoms with Crippen LogP contribution in [0.2, 0.25) is 0 Å². The zero-order valence-electron chi connectivity index (χ0n) is 17.8. The van der Waals surface area contributed by atoms with Crippen LogP contribution in [0.3, 0.4) is 0 Å². The lowest BCUT2D eigenvalue weighted by Gasteiger charge is -2.11. The number of nitrogens with one attached hydrogen (secondary N) is 1. The fraction of sp³-hybridized carbons (Fsp3) is 0.200. The van der Waals surface area contributed by atoms with Crippen molar-refractivity contribution in [2.45, 2.75) is 32.5 Å². The summed E-state index contributed by atoms with van der Waals surface area (Å²) in [4.78, 5) is 23.0. The van der Waals surface area contributed by atoms with Crippen LogP contribution in [0.5, 0.6) is 11.5 Å². The first-order valence-corrected chi connectivity index (χ1v) is 10.2. The van der Waals surface area contributed by atoms with Gasteiger partial charge in [-0.3, -0.25) is 9.59 Å². The van der Waals surface area contributed by atoms with Gasteiger partial charge in [-0.1, -0.05) is 18.2 Å². The van der Waals surface area contributed by atoms with Crippen molar-refractivity contribution >= 4 is 11.9 Å². The van der Waals surface area contributed by atoms with Gasteiger partial charge in [-0.15, -0.1) is 0 Å². The second-order valence-corrected chi connectivity index (χ2v) is 7.49. The van der Waals surface area contributed by atoms with E-state index in [1.165, 1.54) is 0 Å². The molecule has 0 saturated carbocycles. The molecule has 3 aromatic rings. The summed E-state index contributed by atoms with van der Waals surface area (Å²) in [6.07, 6.45) is -3.95. The number of hydrogen-bond donors (Lipinski definition) is 2. The fourth-order valence-electron chi connectivity index (χ4n) is 3.20. The van der Waals surface area contributed by atoms with Gasteiger partial charge in [0.1, 0.15) is 11.5 Å². The molecule has 0 atom stereocenters. The predicted molar refractivity (Wildman–Crippen MR) is 116 cm³/mol. The minimum atomic E-state index is -4.45. The quantitative estimate of drug-likeness (QED) is 0.451. The second kappa shape index (κ2) is 10.2. The maximum Gasteiger partial charge on any atom is 0.416 e. The molecule has 0 radical (unpaired) electrons. The van der Waals surface area contributed by atoms with Gasteiger partial charge in [0.2, 0.25) is 0 Å². The van der Waals surface area contributed by atoms with E-state index in [2.05, 4.69) is 5.32 Å². The van der Waals surface area contributed by atoms with E-state index in [0.29, 0.717) is 17.9 Å². The molecule has 1 amide bonds. The number of halogens is 3. The number of benzene rings is 3. The molecular formula is C25H22F3NO4. The number of amides is 1. The number of aryl methyl sites for hydroxylation is 2. The van der Waals surface area contributed by atoms with Crippen molar-refractivity contribution in [3.05, 3.63) is 94.5 Å². The lowest BCUT2D eigenvalue weighted by atomic mass is 10.0. The summed E-state index contributed by atoms with van der Waals surface area (Å²) in [5.74, 6) is -0.189. The average Bonchev–Trinajstić information content (AvgIpc) is 2.76. The number of rotatable bonds is 8. The summed E-state index contributed by atoms with van der Waals surface area (Å²) >= 11 is 0. The second-order valence-electron chi connectivity index (χ2n) is 7.49. The van der Waals surface area contributed by atoms with Gasteiger partial charge in [0, 0.05) is 18.5 Å². The predicted octanol–water partition coefficient (Wildman–Crippen LogP) is 5.75. The smallest absolute Gasteiger partial charge is 0.416 e. The Hall–Kier alpha value is -3.81. The molecule has 33 heavy (non-hydrogen) atoms. The minimum Gasteiger partial charge on any atom is -0.481 e. The molecule has 0 aliphatic heterocycles. The van der Waals surface area contributed by atoms with Gasteiger partial charge in [-0.2, -0.15) is 13.2 Å². The Balaban J connectivity index is 1.60. The molecule has 0 unspecified atom stereocenters. The molecule has 0 spiro atoms. The number of aliphatic carboxylic acids is 1. The Morgan fingerprint density at radius 3 is 2.30 bits per heavy atom. The van der Waals surface area contributed by atoms with E-state index < -0.39 is 23.6 Å². The Labute approximate surface area is 188 Å². The molecule has 2 N–H and O–H groups in total. The van der Waals surface area contributed by atoms with Crippen LogP contribution in [0.25, 0.3) is 0 Å². The highest BCUT2D eigenvalue weighted by Crippen LogP contribution is 2.29. The molecule has 0 saturated heterocycles. The van der Waals surface area contributed by atoms with E-state index in [-0.39, 0.29) is 18.5 Å². The van der Waals surface area contributed by atoms with E-state index in [4.69, 9.17) is 9.84 Å². The number of ether oxygens (including phenoxy) is 1. The first-order valence-electron chi connectivity index (χ1n) is 10.2. The molecule has 0 aliphatic carbocycles. The van der Waals surface area contributed by atoms with Gasteiger partial charge >= 0.3 is 12.1 Å². The van der Waals surface area contributed by atoms with Crippen LogP contribution >= 0.6 is 0 Å². The van der Waals surface area contributed by atoms with Gasteiger partial charge in [0.05, 0.1) is 5.56 Å². The van der Waals surface area contributed by atoms with E-state index in [1.807, 2.05) is 19.1 Å². The Bertz CT molecular complexity index is 1140. The normalized spacial score (nSPS) is 11.2. The number of hydrogen-bond acceptors (Lipinski definition) is 3. The van der Waals surface area contributed by atoms with Crippen LogP contribution in [0.4, 0.5) is 13.2 Å². The Kier molecular flexibility index (Phi) is 7.37. The number of carbonyl (C=O) groups is 2. The summed E-state index contributed by atoms with van der Waals surface area (Å²) < 4.78 is 43.8. The first-order chi connectivity index (χ1) is 15.6. The Morgan fingerprint density at radius 2 is 1.67 bits per heavy atom. The topological polar surface area (TPSA) is 75.6 Å². The highest BCUT2D eigenvalue weighted by molar-refractivity contribution is 5.94. The number of alkyl halides is 3. The zero-order chi connectivity index (χ0) is 24.0. The zero-order valence-corrected chi connectivity index (χ0v) is 17.8. The molecule has 5 nitrogen and oxygen atoms in total. The van der Waals surface area contributed by atoms with Crippen LogP contribution < -0.4 is 10.1 Å². The van der Waals surface area contributed by atoms with Gasteiger partial charge in [-0.25, -0.2) is 0 Å². The minimum absolute atomic E-state index is 0.0568. The number of carboxylic acids is 1. The largest absolute Gasteiger partial charge is 0.481 e. The molecule has 3 aromatic carbocycles. The van der Waals surface area contributed by atoms with Crippen LogP contribution in [0, 0.1) is 6.92 Å². The molecule has 0 aromatic heterocycles. The monoisotopic (exact) mass is 457 g/mol. The summed E-state index contributed by atoms with van der Waals surface area (Å²) in [7, 11) is 0. The molecule has 0 aliphatic rings. The van der Waals surface area contributed by atoms with Crippen LogP contribution in [-0.4, -0.2) is 17.0 Å². The molecule has 172 valence electrons. The summed E-state index contributed by atoms with van der Waals surface area (Å²) in [5, 5.41) is 11.5. The standard InChI is InChI=1S/C25H22F3NO4/c1-16-13-22(11-7-18(16)8-12-23(30)31)33-21-4-2-3-17(14-21)15-29-24(32)19-5-9-20(10-6-19)25(26,27)28/h2-7,9-11,13-14H,8,12,15H2,1H3,(H,29,32)(H,30,31). The SMILES string of the molecule is Cc1cc(Oc2cccc(CNC(=O)c3ccc(C(F)(F)F)cc3)c2)ccc1CCC(=O)O. The van der Waals surface area contributed by atoms with Crippen molar-refractivity contribution in [1.29, 1.82) is 0 Å². The van der Waals surface area contributed by atoms with Crippen molar-refractivity contribution < 1.29 is 32.6 Å². The van der Waals surface area contributed by atoms with Crippen LogP contribution in [0.1, 0.15) is 39.0 Å². The van der Waals surface area contributed by atoms with Crippen molar-refractivity contribution in [2.24, 2.45) is 0 Å². The molecule has 0 fully saturated rings. The molecular weight excluding hydrogens is 435 g/mol. The molecule has 3 rings (SSSR count). The van der Waals surface area contributed by atoms with Gasteiger partial charge in [0.25, 0.3) is 5.91 Å². The lowest BCUT2D eigenvalue weighted by molar-refractivity contribution is -0.138. The first kappa shape index (κ1) is 23.8. The fourth-order valence-corrected chi connectivity index (χ4v) is 3.20. The van der Waals surface area contributed by atoms with Gasteiger partial charge < -0.3 is 15.2 Å². The van der Waals surface area contributed by atoms with E-state index >= 15 is 0 Å². The van der Waals surface area contributed by atoms with E-state index in [1.54, 1.807) is 30.3 Å². The highest BCUT2D eigenvalue weighted by atomic mass is 19.4. The summed E-state index contributed by atoms with van der Waals surface area (Å²) in [6, 6.07) is 16.5. The molecule has 0 heterocycles. The number of carboxylic acid groups (broad SMARTS) is 1. The number of carbonyl (C=O) groups excluding carboxylic acids is 1. The van der Waals surface area contributed by atoms with Crippen molar-refractivity contribution in [2.75, 3.05) is 0 Å². The van der Waals surface area contributed by atoms with Crippen molar-refractivity contribution in [1.82, 2.24) is 5.32 Å². The lowest BCUT2D eigenvalue weighted by Crippen LogP contribution is -2.22. The summed E-state index contributed by atoms with van der Waals surface area (Å²) in [5.41, 5.74) is 1.93. The Morgan fingerprint density at radius 1 is 0.970 bits per heavy atom. The third-order valence-electron chi connectivity index (χ3n) is 4.98. The third kappa shape index (κ3) is 6.83. The highest BCUT2D eigenvalue weighted by Gasteiger charge is 2.30. The summed E-state index contributed by atoms with van der Waals surface area (Å²) in [6.45, 7) is 2.06. The van der Waals surface area contributed by atoms with Gasteiger partial charge in [-0.05, 0) is 78.6 Å². The maximum absolute atomic E-state index is 12.7. The third-order valence-corrected chi connectivity index (χ3v) is 4.98. The molecule has 8 heteroatoms. The molecule has 0 bridgehead atoms. The van der Waals surface area contributed by atoms with Gasteiger partial charge in [0.15, 0.2) is 0 Å².